The van der Waals surface area contributed by atoms with Crippen molar-refractivity contribution in [2.24, 2.45) is 11.0 Å². The Balaban J connectivity index is 1.43. The van der Waals surface area contributed by atoms with Crippen molar-refractivity contribution in [1.82, 2.24) is 5.43 Å². The fourth-order valence-corrected chi connectivity index (χ4v) is 3.81. The van der Waals surface area contributed by atoms with Gasteiger partial charge in [-0.1, -0.05) is 36.8 Å². The molecular weight excluding hydrogens is 344 g/mol. The van der Waals surface area contributed by atoms with Gasteiger partial charge >= 0.3 is 0 Å². The van der Waals surface area contributed by atoms with E-state index < -0.39 is 0 Å². The summed E-state index contributed by atoms with van der Waals surface area (Å²) < 4.78 is 5.76. The van der Waals surface area contributed by atoms with E-state index in [0.29, 0.717) is 22.5 Å². The second kappa shape index (κ2) is 6.92. The van der Waals surface area contributed by atoms with Crippen LogP contribution >= 0.6 is 11.3 Å². The molecule has 5 heteroatoms. The molecule has 0 saturated heterocycles. The maximum absolute atomic E-state index is 12.5. The van der Waals surface area contributed by atoms with Crippen LogP contribution in [0.15, 0.2) is 57.4 Å². The van der Waals surface area contributed by atoms with Gasteiger partial charge in [-0.05, 0) is 48.4 Å². The highest BCUT2D eigenvalue weighted by Gasteiger charge is 2.36. The van der Waals surface area contributed by atoms with Crippen LogP contribution in [0.3, 0.4) is 0 Å². The molecule has 2 aromatic heterocycles. The first kappa shape index (κ1) is 16.8. The van der Waals surface area contributed by atoms with Crippen molar-refractivity contribution in [2.75, 3.05) is 0 Å². The quantitative estimate of drug-likeness (QED) is 0.499. The molecule has 1 amide bonds. The van der Waals surface area contributed by atoms with Gasteiger partial charge in [-0.25, -0.2) is 5.43 Å². The van der Waals surface area contributed by atoms with Crippen LogP contribution in [0.5, 0.6) is 0 Å². The molecule has 0 aliphatic heterocycles. The normalized spacial score (nSPS) is 19.0. The maximum Gasteiger partial charge on any atom is 0.282 e. The molecule has 4 rings (SSSR count). The Bertz CT molecular complexity index is 953. The summed E-state index contributed by atoms with van der Waals surface area (Å²) in [6.45, 7) is 4.26. The van der Waals surface area contributed by atoms with Crippen LogP contribution in [0.2, 0.25) is 0 Å². The minimum Gasteiger partial charge on any atom is -0.460 e. The average Bonchev–Trinajstić information content (AvgIpc) is 3.06. The van der Waals surface area contributed by atoms with E-state index in [4.69, 9.17) is 4.42 Å². The molecule has 0 spiro atoms. The van der Waals surface area contributed by atoms with E-state index in [1.165, 1.54) is 23.3 Å². The largest absolute Gasteiger partial charge is 0.460 e. The SMILES string of the molecule is Cc1ccc(-c2ccsc2C(=O)N/N=C\c2ccc([C@H]3C[C@@H]3C)o2)cc1. The summed E-state index contributed by atoms with van der Waals surface area (Å²) in [5.41, 5.74) is 5.74. The van der Waals surface area contributed by atoms with Gasteiger partial charge in [0.15, 0.2) is 0 Å². The van der Waals surface area contributed by atoms with Crippen molar-refractivity contribution in [3.63, 3.8) is 0 Å². The maximum atomic E-state index is 12.5. The van der Waals surface area contributed by atoms with E-state index in [2.05, 4.69) is 17.5 Å². The van der Waals surface area contributed by atoms with Crippen LogP contribution in [-0.4, -0.2) is 12.1 Å². The van der Waals surface area contributed by atoms with Gasteiger partial charge in [-0.3, -0.25) is 4.79 Å². The van der Waals surface area contributed by atoms with Crippen LogP contribution in [0.4, 0.5) is 0 Å². The monoisotopic (exact) mass is 364 g/mol. The van der Waals surface area contributed by atoms with Gasteiger partial charge in [0.2, 0.25) is 0 Å². The number of hydrazone groups is 1. The molecule has 1 N–H and O–H groups in total. The van der Waals surface area contributed by atoms with Crippen molar-refractivity contribution in [3.05, 3.63) is 69.8 Å². The van der Waals surface area contributed by atoms with Crippen LogP contribution in [0, 0.1) is 12.8 Å². The van der Waals surface area contributed by atoms with Crippen LogP contribution in [0.25, 0.3) is 11.1 Å². The summed E-state index contributed by atoms with van der Waals surface area (Å²) in [4.78, 5) is 13.1. The van der Waals surface area contributed by atoms with Crippen LogP contribution in [-0.2, 0) is 0 Å². The highest BCUT2D eigenvalue weighted by Crippen LogP contribution is 2.47. The number of amides is 1. The van der Waals surface area contributed by atoms with Crippen LogP contribution in [0.1, 0.15) is 46.0 Å². The average molecular weight is 364 g/mol. The zero-order valence-electron chi connectivity index (χ0n) is 14.7. The summed E-state index contributed by atoms with van der Waals surface area (Å²) in [6.07, 6.45) is 2.73. The lowest BCUT2D eigenvalue weighted by Crippen LogP contribution is -2.16. The van der Waals surface area contributed by atoms with Gasteiger partial charge in [0.05, 0.1) is 6.21 Å². The third-order valence-corrected chi connectivity index (χ3v) is 5.63. The number of nitrogens with zero attached hydrogens (tertiary/aromatic N) is 1. The molecular formula is C21H20N2O2S. The Labute approximate surface area is 156 Å². The predicted octanol–water partition coefficient (Wildman–Crippen LogP) is 5.20. The first-order valence-corrected chi connectivity index (χ1v) is 9.57. The highest BCUT2D eigenvalue weighted by atomic mass is 32.1. The number of benzene rings is 1. The van der Waals surface area contributed by atoms with Crippen molar-refractivity contribution >= 4 is 23.5 Å². The molecule has 132 valence electrons. The van der Waals surface area contributed by atoms with Gasteiger partial charge in [0.1, 0.15) is 16.4 Å². The smallest absolute Gasteiger partial charge is 0.282 e. The van der Waals surface area contributed by atoms with Gasteiger partial charge in [-0.15, -0.1) is 11.3 Å². The molecule has 0 bridgehead atoms. The number of furan rings is 1. The summed E-state index contributed by atoms with van der Waals surface area (Å²) in [5, 5.41) is 5.97. The molecule has 1 fully saturated rings. The Morgan fingerprint density at radius 3 is 2.73 bits per heavy atom. The van der Waals surface area contributed by atoms with E-state index in [1.807, 2.05) is 54.8 Å². The number of hydrogen-bond donors (Lipinski definition) is 1. The molecule has 0 unspecified atom stereocenters. The third kappa shape index (κ3) is 3.48. The number of thiophene rings is 1. The molecule has 1 aliphatic rings. The van der Waals surface area contributed by atoms with Crippen molar-refractivity contribution in [1.29, 1.82) is 0 Å². The van der Waals surface area contributed by atoms with E-state index in [-0.39, 0.29) is 5.91 Å². The number of carbonyl (C=O) groups is 1. The van der Waals surface area contributed by atoms with Gasteiger partial charge in [0.25, 0.3) is 5.91 Å². The van der Waals surface area contributed by atoms with Gasteiger partial charge in [0, 0.05) is 11.5 Å². The molecule has 4 nitrogen and oxygen atoms in total. The molecule has 26 heavy (non-hydrogen) atoms. The second-order valence-corrected chi connectivity index (χ2v) is 7.70. The molecule has 0 radical (unpaired) electrons. The van der Waals surface area contributed by atoms with Gasteiger partial charge < -0.3 is 4.42 Å². The fraction of sp³-hybridized carbons (Fsp3) is 0.238. The first-order chi connectivity index (χ1) is 12.6. The standard InChI is InChI=1S/C21H20N2O2S/c1-13-3-5-15(6-4-13)17-9-10-26-20(17)21(24)23-22-12-16-7-8-19(25-16)18-11-14(18)2/h3-10,12,14,18H,11H2,1-2H3,(H,23,24)/b22-12-/t14-,18-/m0/s1. The summed E-state index contributed by atoms with van der Waals surface area (Å²) in [7, 11) is 0. The van der Waals surface area contributed by atoms with Crippen LogP contribution < -0.4 is 5.43 Å². The zero-order valence-corrected chi connectivity index (χ0v) is 15.5. The minimum absolute atomic E-state index is 0.214. The van der Waals surface area contributed by atoms with E-state index >= 15 is 0 Å². The lowest BCUT2D eigenvalue weighted by molar-refractivity contribution is 0.0959. The Morgan fingerprint density at radius 1 is 1.23 bits per heavy atom. The minimum atomic E-state index is -0.214. The van der Waals surface area contributed by atoms with Gasteiger partial charge in [-0.2, -0.15) is 5.10 Å². The molecule has 2 atom stereocenters. The molecule has 2 heterocycles. The van der Waals surface area contributed by atoms with Crippen molar-refractivity contribution in [3.8, 4) is 11.1 Å². The zero-order chi connectivity index (χ0) is 18.1. The lowest BCUT2D eigenvalue weighted by atomic mass is 10.1. The number of hydrogen-bond acceptors (Lipinski definition) is 4. The Hall–Kier alpha value is -2.66. The molecule has 1 saturated carbocycles. The first-order valence-electron chi connectivity index (χ1n) is 8.69. The lowest BCUT2D eigenvalue weighted by Gasteiger charge is -2.03. The number of aryl methyl sites for hydroxylation is 1. The third-order valence-electron chi connectivity index (χ3n) is 4.71. The van der Waals surface area contributed by atoms with E-state index in [0.717, 1.165) is 16.9 Å². The summed E-state index contributed by atoms with van der Waals surface area (Å²) in [5.74, 6) is 2.68. The van der Waals surface area contributed by atoms with E-state index in [1.54, 1.807) is 6.21 Å². The van der Waals surface area contributed by atoms with Crippen molar-refractivity contribution < 1.29 is 9.21 Å². The molecule has 3 aromatic rings. The fourth-order valence-electron chi connectivity index (χ4n) is 3.01. The number of rotatable bonds is 5. The number of nitrogens with one attached hydrogen (secondary N) is 1. The molecule has 1 aromatic carbocycles. The van der Waals surface area contributed by atoms with E-state index in [9.17, 15) is 4.79 Å². The topological polar surface area (TPSA) is 54.6 Å². The summed E-state index contributed by atoms with van der Waals surface area (Å²) in [6, 6.07) is 14.0. The highest BCUT2D eigenvalue weighted by molar-refractivity contribution is 7.12. The number of carbonyl (C=O) groups excluding carboxylic acids is 1. The van der Waals surface area contributed by atoms with Crippen molar-refractivity contribution in [2.45, 2.75) is 26.2 Å². The molecule has 1 aliphatic carbocycles. The predicted molar refractivity (Wildman–Crippen MR) is 105 cm³/mol. The second-order valence-electron chi connectivity index (χ2n) is 6.79. The summed E-state index contributed by atoms with van der Waals surface area (Å²) >= 11 is 1.41. The Morgan fingerprint density at radius 2 is 2.00 bits per heavy atom. The Kier molecular flexibility index (Phi) is 4.47.